The Labute approximate surface area is 94.0 Å². The quantitative estimate of drug-likeness (QED) is 0.482. The topological polar surface area (TPSA) is 98.7 Å². The summed E-state index contributed by atoms with van der Waals surface area (Å²) in [4.78, 5) is 22.1. The third-order valence-electron chi connectivity index (χ3n) is 2.91. The van der Waals surface area contributed by atoms with Crippen LogP contribution in [0.3, 0.4) is 0 Å². The fraction of sp³-hybridized carbons (Fsp3) is 0.800. The average Bonchev–Trinajstić information content (AvgIpc) is 2.66. The summed E-state index contributed by atoms with van der Waals surface area (Å²) in [5, 5.41) is 23.2. The minimum absolute atomic E-state index is 0.0323. The fourth-order valence-electron chi connectivity index (χ4n) is 1.67. The molecule has 6 heteroatoms. The van der Waals surface area contributed by atoms with E-state index in [2.05, 4.69) is 10.6 Å². The summed E-state index contributed by atoms with van der Waals surface area (Å²) in [5.41, 5.74) is -0.409. The molecule has 0 aromatic carbocycles. The number of amides is 1. The Bertz CT molecular complexity index is 274. The van der Waals surface area contributed by atoms with E-state index < -0.39 is 17.5 Å². The van der Waals surface area contributed by atoms with Gasteiger partial charge in [0.1, 0.15) is 0 Å². The normalized spacial score (nSPS) is 26.4. The van der Waals surface area contributed by atoms with Crippen LogP contribution >= 0.6 is 0 Å². The van der Waals surface area contributed by atoms with Gasteiger partial charge in [0.2, 0.25) is 5.91 Å². The van der Waals surface area contributed by atoms with Crippen molar-refractivity contribution in [3.8, 4) is 0 Å². The SMILES string of the molecule is CC1(C(=O)NCC[C@H](O)C(=O)O)CCNC1. The zero-order chi connectivity index (χ0) is 12.2. The minimum atomic E-state index is -1.41. The van der Waals surface area contributed by atoms with Crippen LogP contribution in [0.2, 0.25) is 0 Å². The lowest BCUT2D eigenvalue weighted by molar-refractivity contribution is -0.147. The second kappa shape index (κ2) is 5.27. The number of rotatable bonds is 5. The summed E-state index contributed by atoms with van der Waals surface area (Å²) < 4.78 is 0. The Morgan fingerprint density at radius 2 is 2.25 bits per heavy atom. The number of aliphatic carboxylic acids is 1. The maximum atomic E-state index is 11.7. The molecule has 2 atom stereocenters. The summed E-state index contributed by atoms with van der Waals surface area (Å²) in [6.07, 6.45) is -0.597. The van der Waals surface area contributed by atoms with Gasteiger partial charge in [-0.25, -0.2) is 4.79 Å². The molecule has 1 rings (SSSR count). The lowest BCUT2D eigenvalue weighted by Gasteiger charge is -2.21. The van der Waals surface area contributed by atoms with E-state index in [1.54, 1.807) is 0 Å². The van der Waals surface area contributed by atoms with Gasteiger partial charge in [0.15, 0.2) is 6.10 Å². The molecular formula is C10H18N2O4. The number of carbonyl (C=O) groups excluding carboxylic acids is 1. The van der Waals surface area contributed by atoms with Crippen LogP contribution in [0, 0.1) is 5.41 Å². The minimum Gasteiger partial charge on any atom is -0.479 e. The van der Waals surface area contributed by atoms with E-state index in [9.17, 15) is 9.59 Å². The Morgan fingerprint density at radius 3 is 2.75 bits per heavy atom. The molecule has 0 bridgehead atoms. The van der Waals surface area contributed by atoms with Crippen molar-refractivity contribution < 1.29 is 19.8 Å². The molecule has 0 aromatic rings. The molecule has 0 saturated carbocycles. The van der Waals surface area contributed by atoms with Crippen LogP contribution in [-0.4, -0.2) is 47.8 Å². The van der Waals surface area contributed by atoms with Crippen molar-refractivity contribution in [1.29, 1.82) is 0 Å². The number of carboxylic acids is 1. The smallest absolute Gasteiger partial charge is 0.332 e. The van der Waals surface area contributed by atoms with Gasteiger partial charge >= 0.3 is 5.97 Å². The maximum absolute atomic E-state index is 11.7. The largest absolute Gasteiger partial charge is 0.479 e. The van der Waals surface area contributed by atoms with Crippen LogP contribution in [0.15, 0.2) is 0 Å². The highest BCUT2D eigenvalue weighted by atomic mass is 16.4. The van der Waals surface area contributed by atoms with Gasteiger partial charge < -0.3 is 20.8 Å². The van der Waals surface area contributed by atoms with Crippen LogP contribution < -0.4 is 10.6 Å². The molecule has 1 saturated heterocycles. The summed E-state index contributed by atoms with van der Waals surface area (Å²) in [6.45, 7) is 3.51. The van der Waals surface area contributed by atoms with Gasteiger partial charge in [0.25, 0.3) is 0 Å². The van der Waals surface area contributed by atoms with Crippen molar-refractivity contribution in [1.82, 2.24) is 10.6 Å². The van der Waals surface area contributed by atoms with Gasteiger partial charge in [-0.05, 0) is 19.9 Å². The number of nitrogens with one attached hydrogen (secondary N) is 2. The van der Waals surface area contributed by atoms with E-state index in [0.29, 0.717) is 6.54 Å². The fourth-order valence-corrected chi connectivity index (χ4v) is 1.67. The first-order chi connectivity index (χ1) is 7.46. The predicted octanol–water partition coefficient (Wildman–Crippen LogP) is -1.06. The van der Waals surface area contributed by atoms with Crippen molar-refractivity contribution in [2.45, 2.75) is 25.9 Å². The molecule has 4 N–H and O–H groups in total. The van der Waals surface area contributed by atoms with E-state index in [1.165, 1.54) is 0 Å². The Morgan fingerprint density at radius 1 is 1.56 bits per heavy atom. The van der Waals surface area contributed by atoms with Crippen molar-refractivity contribution in [3.63, 3.8) is 0 Å². The predicted molar refractivity (Wildman–Crippen MR) is 56.9 cm³/mol. The van der Waals surface area contributed by atoms with E-state index >= 15 is 0 Å². The molecule has 1 fully saturated rings. The van der Waals surface area contributed by atoms with Crippen molar-refractivity contribution >= 4 is 11.9 Å². The van der Waals surface area contributed by atoms with Gasteiger partial charge in [-0.2, -0.15) is 0 Å². The molecule has 6 nitrogen and oxygen atoms in total. The van der Waals surface area contributed by atoms with Crippen LogP contribution in [0.25, 0.3) is 0 Å². The second-order valence-electron chi connectivity index (χ2n) is 4.39. The standard InChI is InChI=1S/C10H18N2O4/c1-10(3-5-11-6-10)9(16)12-4-2-7(13)8(14)15/h7,11,13H,2-6H2,1H3,(H,12,16)(H,14,15)/t7-,10?/m0/s1. The number of aliphatic hydroxyl groups is 1. The summed E-state index contributed by atoms with van der Waals surface area (Å²) in [7, 11) is 0. The summed E-state index contributed by atoms with van der Waals surface area (Å²) >= 11 is 0. The molecule has 1 aliphatic rings. The average molecular weight is 230 g/mol. The molecule has 1 heterocycles. The van der Waals surface area contributed by atoms with Crippen LogP contribution in [0.4, 0.5) is 0 Å². The highest BCUT2D eigenvalue weighted by molar-refractivity contribution is 5.82. The highest BCUT2D eigenvalue weighted by Crippen LogP contribution is 2.24. The summed E-state index contributed by atoms with van der Waals surface area (Å²) in [5.74, 6) is -1.35. The van der Waals surface area contributed by atoms with Gasteiger partial charge in [-0.15, -0.1) is 0 Å². The van der Waals surface area contributed by atoms with Crippen molar-refractivity contribution in [3.05, 3.63) is 0 Å². The summed E-state index contributed by atoms with van der Waals surface area (Å²) in [6, 6.07) is 0. The Hall–Kier alpha value is -1.14. The zero-order valence-corrected chi connectivity index (χ0v) is 9.32. The molecule has 0 spiro atoms. The van der Waals surface area contributed by atoms with Gasteiger partial charge in [0.05, 0.1) is 5.41 Å². The van der Waals surface area contributed by atoms with Crippen LogP contribution in [0.1, 0.15) is 19.8 Å². The van der Waals surface area contributed by atoms with Gasteiger partial charge in [-0.3, -0.25) is 4.79 Å². The molecule has 1 amide bonds. The third-order valence-corrected chi connectivity index (χ3v) is 2.91. The van der Waals surface area contributed by atoms with Crippen LogP contribution in [-0.2, 0) is 9.59 Å². The van der Waals surface area contributed by atoms with E-state index in [0.717, 1.165) is 13.0 Å². The lowest BCUT2D eigenvalue weighted by atomic mass is 9.89. The third kappa shape index (κ3) is 3.18. The van der Waals surface area contributed by atoms with Gasteiger partial charge in [0, 0.05) is 19.5 Å². The van der Waals surface area contributed by atoms with Crippen molar-refractivity contribution in [2.24, 2.45) is 5.41 Å². The molecule has 1 aliphatic heterocycles. The molecule has 1 unspecified atom stereocenters. The van der Waals surface area contributed by atoms with Gasteiger partial charge in [-0.1, -0.05) is 0 Å². The number of carboxylic acid groups (broad SMARTS) is 1. The lowest BCUT2D eigenvalue weighted by Crippen LogP contribution is -2.41. The molecule has 0 radical (unpaired) electrons. The number of aliphatic hydroxyl groups excluding tert-OH is 1. The molecule has 0 aliphatic carbocycles. The van der Waals surface area contributed by atoms with E-state index in [-0.39, 0.29) is 18.9 Å². The van der Waals surface area contributed by atoms with E-state index in [4.69, 9.17) is 10.2 Å². The maximum Gasteiger partial charge on any atom is 0.332 e. The highest BCUT2D eigenvalue weighted by Gasteiger charge is 2.35. The number of hydrogen-bond donors (Lipinski definition) is 4. The van der Waals surface area contributed by atoms with Crippen molar-refractivity contribution in [2.75, 3.05) is 19.6 Å². The first kappa shape index (κ1) is 12.9. The second-order valence-corrected chi connectivity index (χ2v) is 4.39. The first-order valence-electron chi connectivity index (χ1n) is 5.35. The molecular weight excluding hydrogens is 212 g/mol. The molecule has 92 valence electrons. The molecule has 16 heavy (non-hydrogen) atoms. The van der Waals surface area contributed by atoms with Crippen LogP contribution in [0.5, 0.6) is 0 Å². The Kier molecular flexibility index (Phi) is 4.26. The van der Waals surface area contributed by atoms with E-state index in [1.807, 2.05) is 6.92 Å². The number of hydrogen-bond acceptors (Lipinski definition) is 4. The Balaban J connectivity index is 2.27. The number of carbonyl (C=O) groups is 2. The monoisotopic (exact) mass is 230 g/mol. The first-order valence-corrected chi connectivity index (χ1v) is 5.35. The molecule has 0 aromatic heterocycles. The zero-order valence-electron chi connectivity index (χ0n) is 9.32.